The van der Waals surface area contributed by atoms with E-state index >= 15 is 0 Å². The molecule has 2 aliphatic rings. The van der Waals surface area contributed by atoms with Crippen LogP contribution in [0.15, 0.2) is 34.2 Å². The summed E-state index contributed by atoms with van der Waals surface area (Å²) in [5, 5.41) is 0.335. The molecule has 0 bridgehead atoms. The Labute approximate surface area is 204 Å². The van der Waals surface area contributed by atoms with Gasteiger partial charge < -0.3 is 21.1 Å². The predicted molar refractivity (Wildman–Crippen MR) is 133 cm³/mol. The van der Waals surface area contributed by atoms with Crippen molar-refractivity contribution >= 4 is 39.0 Å². The average Bonchev–Trinajstić information content (AvgIpc) is 2.87. The number of halogens is 1. The number of piperazine rings is 1. The van der Waals surface area contributed by atoms with E-state index in [0.717, 1.165) is 31.9 Å². The van der Waals surface area contributed by atoms with E-state index in [0.29, 0.717) is 27.9 Å². The highest BCUT2D eigenvalue weighted by Crippen LogP contribution is 2.45. The number of aryl methyl sites for hydroxylation is 1. The molecular formula is C23H28ClN5O4S. The highest BCUT2D eigenvalue weighted by Gasteiger charge is 2.32. The van der Waals surface area contributed by atoms with Crippen molar-refractivity contribution in [3.63, 3.8) is 0 Å². The Bertz CT molecular complexity index is 1280. The molecule has 182 valence electrons. The first-order valence-electron chi connectivity index (χ1n) is 11.0. The van der Waals surface area contributed by atoms with Crippen LogP contribution in [0.3, 0.4) is 0 Å². The van der Waals surface area contributed by atoms with E-state index < -0.39 is 21.7 Å². The zero-order valence-corrected chi connectivity index (χ0v) is 20.9. The molecular weight excluding hydrogens is 478 g/mol. The van der Waals surface area contributed by atoms with Crippen molar-refractivity contribution < 1.29 is 17.9 Å². The van der Waals surface area contributed by atoms with Crippen LogP contribution in [0, 0.1) is 6.92 Å². The summed E-state index contributed by atoms with van der Waals surface area (Å²) in [6, 6.07) is 6.86. The zero-order valence-electron chi connectivity index (χ0n) is 19.3. The molecule has 4 N–H and O–H groups in total. The molecule has 11 heteroatoms. The molecule has 0 aromatic heterocycles. The fourth-order valence-corrected chi connectivity index (χ4v) is 6.17. The van der Waals surface area contributed by atoms with Gasteiger partial charge in [-0.2, -0.15) is 4.99 Å². The number of ether oxygens (including phenoxy) is 1. The van der Waals surface area contributed by atoms with E-state index in [1.165, 1.54) is 12.1 Å². The van der Waals surface area contributed by atoms with Crippen LogP contribution < -0.4 is 21.1 Å². The smallest absolute Gasteiger partial charge is 0.280 e. The van der Waals surface area contributed by atoms with E-state index in [-0.39, 0.29) is 22.0 Å². The van der Waals surface area contributed by atoms with Crippen LogP contribution in [0.2, 0.25) is 5.02 Å². The molecule has 4 rings (SSSR count). The molecule has 1 saturated heterocycles. The minimum atomic E-state index is -3.86. The molecule has 2 heterocycles. The Balaban J connectivity index is 1.72. The molecule has 0 saturated carbocycles. The van der Waals surface area contributed by atoms with Crippen molar-refractivity contribution in [2.45, 2.75) is 37.5 Å². The summed E-state index contributed by atoms with van der Waals surface area (Å²) in [5.74, 6) is -1.00. The number of anilines is 1. The first-order chi connectivity index (χ1) is 16.0. The fourth-order valence-electron chi connectivity index (χ4n) is 4.33. The number of carbonyl (C=O) groups excluding carboxylic acids is 1. The third kappa shape index (κ3) is 4.70. The quantitative estimate of drug-likeness (QED) is 0.480. The number of sulfone groups is 1. The number of fused-ring (bicyclic) bond motifs is 2. The first kappa shape index (κ1) is 24.3. The largest absolute Gasteiger partial charge is 0.454 e. The van der Waals surface area contributed by atoms with Gasteiger partial charge in [-0.3, -0.25) is 9.69 Å². The molecule has 2 aromatic carbocycles. The summed E-state index contributed by atoms with van der Waals surface area (Å²) in [7, 11) is -3.86. The number of hydrogen-bond acceptors (Lipinski definition) is 6. The summed E-state index contributed by atoms with van der Waals surface area (Å²) in [5.41, 5.74) is 12.4. The van der Waals surface area contributed by atoms with Crippen LogP contribution in [0.4, 0.5) is 5.69 Å². The highest BCUT2D eigenvalue weighted by molar-refractivity contribution is 7.90. The van der Waals surface area contributed by atoms with E-state index in [9.17, 15) is 13.2 Å². The van der Waals surface area contributed by atoms with E-state index in [2.05, 4.69) is 28.6 Å². The van der Waals surface area contributed by atoms with Gasteiger partial charge in [-0.25, -0.2) is 8.42 Å². The SMILES string of the molecule is Cc1cc(C(=O)N=C(N)N)cc2c1Oc1c(Cl)cc(N3CCN(C(C)C)CC3)cc1CS2(=O)=O. The van der Waals surface area contributed by atoms with E-state index in [1.54, 1.807) is 6.92 Å². The highest BCUT2D eigenvalue weighted by atomic mass is 35.5. The van der Waals surface area contributed by atoms with Gasteiger partial charge in [-0.05, 0) is 50.6 Å². The van der Waals surface area contributed by atoms with Crippen molar-refractivity contribution in [2.24, 2.45) is 16.5 Å². The normalized spacial score (nSPS) is 17.4. The Morgan fingerprint density at radius 3 is 2.38 bits per heavy atom. The van der Waals surface area contributed by atoms with Gasteiger partial charge in [0, 0.05) is 49.0 Å². The topological polar surface area (TPSA) is 131 Å². The average molecular weight is 506 g/mol. The number of amides is 1. The van der Waals surface area contributed by atoms with Gasteiger partial charge in [0.15, 0.2) is 15.8 Å². The maximum atomic E-state index is 13.4. The van der Waals surface area contributed by atoms with Gasteiger partial charge in [-0.15, -0.1) is 0 Å². The molecule has 2 aliphatic heterocycles. The maximum Gasteiger partial charge on any atom is 0.280 e. The van der Waals surface area contributed by atoms with Crippen LogP contribution in [-0.2, 0) is 15.6 Å². The van der Waals surface area contributed by atoms with Crippen molar-refractivity contribution in [1.82, 2.24) is 4.90 Å². The van der Waals surface area contributed by atoms with Crippen LogP contribution in [0.5, 0.6) is 11.5 Å². The van der Waals surface area contributed by atoms with Crippen molar-refractivity contribution in [2.75, 3.05) is 31.1 Å². The Morgan fingerprint density at radius 2 is 1.76 bits per heavy atom. The second kappa shape index (κ2) is 9.09. The summed E-state index contributed by atoms with van der Waals surface area (Å²) < 4.78 is 32.8. The van der Waals surface area contributed by atoms with Crippen molar-refractivity contribution in [1.29, 1.82) is 0 Å². The summed E-state index contributed by atoms with van der Waals surface area (Å²) in [4.78, 5) is 20.3. The third-order valence-corrected chi connectivity index (χ3v) is 8.06. The zero-order chi connectivity index (χ0) is 24.8. The number of nitrogens with zero attached hydrogens (tertiary/aromatic N) is 3. The number of rotatable bonds is 3. The minimum absolute atomic E-state index is 0.0533. The predicted octanol–water partition coefficient (Wildman–Crippen LogP) is 2.67. The monoisotopic (exact) mass is 505 g/mol. The lowest BCUT2D eigenvalue weighted by atomic mass is 10.1. The maximum absolute atomic E-state index is 13.4. The molecule has 0 aliphatic carbocycles. The molecule has 0 radical (unpaired) electrons. The molecule has 34 heavy (non-hydrogen) atoms. The molecule has 0 atom stereocenters. The standard InChI is InChI=1S/C23H28ClN5O4S/c1-13(2)28-4-6-29(7-5-28)17-9-16-12-34(31,32)19-10-15(22(30)27-23(25)26)8-14(3)20(19)33-21(16)18(24)11-17/h8-11,13H,4-7,12H2,1-3H3,(H4,25,26,27,30). The van der Waals surface area contributed by atoms with Crippen LogP contribution in [0.25, 0.3) is 0 Å². The van der Waals surface area contributed by atoms with E-state index in [1.807, 2.05) is 12.1 Å². The fraction of sp³-hybridized carbons (Fsp3) is 0.391. The summed E-state index contributed by atoms with van der Waals surface area (Å²) in [6.45, 7) is 9.46. The summed E-state index contributed by atoms with van der Waals surface area (Å²) in [6.07, 6.45) is 0. The lowest BCUT2D eigenvalue weighted by Gasteiger charge is -2.38. The van der Waals surface area contributed by atoms with Crippen LogP contribution in [-0.4, -0.2) is 57.4 Å². The van der Waals surface area contributed by atoms with Gasteiger partial charge in [0.1, 0.15) is 16.4 Å². The van der Waals surface area contributed by atoms with Gasteiger partial charge in [0.2, 0.25) is 0 Å². The number of nitrogens with two attached hydrogens (primary N) is 2. The lowest BCUT2D eigenvalue weighted by molar-refractivity contribution is 0.100. The molecule has 0 spiro atoms. The first-order valence-corrected chi connectivity index (χ1v) is 13.0. The lowest BCUT2D eigenvalue weighted by Crippen LogP contribution is -2.48. The number of benzene rings is 2. The van der Waals surface area contributed by atoms with Crippen LogP contribution in [0.1, 0.15) is 35.3 Å². The van der Waals surface area contributed by atoms with E-state index in [4.69, 9.17) is 27.8 Å². The third-order valence-electron chi connectivity index (χ3n) is 6.12. The number of carbonyl (C=O) groups is 1. The van der Waals surface area contributed by atoms with Gasteiger partial charge >= 0.3 is 0 Å². The van der Waals surface area contributed by atoms with Gasteiger partial charge in [0.25, 0.3) is 5.91 Å². The number of aliphatic imine (C=N–C) groups is 1. The van der Waals surface area contributed by atoms with Gasteiger partial charge in [-0.1, -0.05) is 11.6 Å². The molecule has 2 aromatic rings. The number of hydrogen-bond donors (Lipinski definition) is 2. The minimum Gasteiger partial charge on any atom is -0.454 e. The van der Waals surface area contributed by atoms with Crippen molar-refractivity contribution in [3.05, 3.63) is 46.0 Å². The summed E-state index contributed by atoms with van der Waals surface area (Å²) >= 11 is 6.61. The Hall–Kier alpha value is -2.82. The molecule has 1 amide bonds. The van der Waals surface area contributed by atoms with Crippen molar-refractivity contribution in [3.8, 4) is 11.5 Å². The Morgan fingerprint density at radius 1 is 1.09 bits per heavy atom. The van der Waals surface area contributed by atoms with Gasteiger partial charge in [0.05, 0.1) is 10.8 Å². The second-order valence-electron chi connectivity index (χ2n) is 8.86. The van der Waals surface area contributed by atoms with Crippen LogP contribution >= 0.6 is 11.6 Å². The second-order valence-corrected chi connectivity index (χ2v) is 11.2. The molecule has 0 unspecified atom stereocenters. The molecule has 1 fully saturated rings. The Kier molecular flexibility index (Phi) is 6.50. The molecule has 9 nitrogen and oxygen atoms in total. The number of guanidine groups is 1.